The Morgan fingerprint density at radius 1 is 1.10 bits per heavy atom. The van der Waals surface area contributed by atoms with E-state index < -0.39 is 0 Å². The van der Waals surface area contributed by atoms with Crippen molar-refractivity contribution < 1.29 is 14.3 Å². The second kappa shape index (κ2) is 12.0. The second-order valence-corrected chi connectivity index (χ2v) is 9.02. The Kier molecular flexibility index (Phi) is 9.10. The highest BCUT2D eigenvalue weighted by Crippen LogP contribution is 2.19. The van der Waals surface area contributed by atoms with Crippen molar-refractivity contribution >= 4 is 17.9 Å². The van der Waals surface area contributed by atoms with Crippen LogP contribution in [-0.4, -0.2) is 73.6 Å². The van der Waals surface area contributed by atoms with E-state index in [1.54, 1.807) is 6.08 Å². The van der Waals surface area contributed by atoms with Crippen LogP contribution in [0.1, 0.15) is 38.7 Å². The number of ether oxygens (including phenoxy) is 1. The van der Waals surface area contributed by atoms with Gasteiger partial charge in [0.05, 0.1) is 13.2 Å². The lowest BCUT2D eigenvalue weighted by atomic mass is 9.95. The molecular formula is C25H37N3O3. The van der Waals surface area contributed by atoms with Gasteiger partial charge in [-0.1, -0.05) is 44.2 Å². The molecule has 0 bridgehead atoms. The molecule has 0 aromatic heterocycles. The van der Waals surface area contributed by atoms with Gasteiger partial charge in [-0.05, 0) is 36.8 Å². The zero-order valence-corrected chi connectivity index (χ0v) is 19.0. The Morgan fingerprint density at radius 2 is 1.77 bits per heavy atom. The van der Waals surface area contributed by atoms with Gasteiger partial charge >= 0.3 is 0 Å². The number of morpholine rings is 1. The SMILES string of the molecule is CC(C)CC(CNC(=O)C1CCN(C(=O)/C=C/c2ccccc2)CC1)N1CCOCC1. The van der Waals surface area contributed by atoms with Crippen molar-refractivity contribution in [1.29, 1.82) is 0 Å². The molecule has 2 aliphatic heterocycles. The Bertz CT molecular complexity index is 721. The van der Waals surface area contributed by atoms with Gasteiger partial charge in [0, 0.05) is 50.8 Å². The maximum Gasteiger partial charge on any atom is 0.246 e. The molecule has 0 aliphatic carbocycles. The number of carbonyl (C=O) groups excluding carboxylic acids is 2. The average molecular weight is 428 g/mol. The summed E-state index contributed by atoms with van der Waals surface area (Å²) in [6.07, 6.45) is 6.00. The quantitative estimate of drug-likeness (QED) is 0.648. The van der Waals surface area contributed by atoms with Crippen LogP contribution in [0.5, 0.6) is 0 Å². The minimum atomic E-state index is -0.00783. The summed E-state index contributed by atoms with van der Waals surface area (Å²) in [4.78, 5) is 29.5. The van der Waals surface area contributed by atoms with Gasteiger partial charge in [-0.2, -0.15) is 0 Å². The van der Waals surface area contributed by atoms with Crippen LogP contribution in [0.3, 0.4) is 0 Å². The topological polar surface area (TPSA) is 61.9 Å². The van der Waals surface area contributed by atoms with E-state index in [1.165, 1.54) is 0 Å². The number of benzene rings is 1. The Hall–Kier alpha value is -2.18. The Labute approximate surface area is 186 Å². The van der Waals surface area contributed by atoms with Crippen LogP contribution in [0.4, 0.5) is 0 Å². The van der Waals surface area contributed by atoms with Gasteiger partial charge in [0.1, 0.15) is 0 Å². The Morgan fingerprint density at radius 3 is 2.42 bits per heavy atom. The van der Waals surface area contributed by atoms with Crippen LogP contribution in [0.25, 0.3) is 6.08 Å². The number of rotatable bonds is 8. The highest BCUT2D eigenvalue weighted by atomic mass is 16.5. The largest absolute Gasteiger partial charge is 0.379 e. The molecule has 2 saturated heterocycles. The molecule has 1 atom stereocenters. The first-order valence-electron chi connectivity index (χ1n) is 11.6. The standard InChI is InChI=1S/C25H37N3O3/c1-20(2)18-23(27-14-16-31-17-15-27)19-26-25(30)22-10-12-28(13-11-22)24(29)9-8-21-6-4-3-5-7-21/h3-9,20,22-23H,10-19H2,1-2H3,(H,26,30)/b9-8+. The summed E-state index contributed by atoms with van der Waals surface area (Å²) in [5.74, 6) is 0.732. The molecule has 2 amide bonds. The number of nitrogens with zero attached hydrogens (tertiary/aromatic N) is 2. The molecule has 170 valence electrons. The molecular weight excluding hydrogens is 390 g/mol. The summed E-state index contributed by atoms with van der Waals surface area (Å²) in [7, 11) is 0. The van der Waals surface area contributed by atoms with Crippen LogP contribution < -0.4 is 5.32 Å². The van der Waals surface area contributed by atoms with Crippen molar-refractivity contribution in [3.8, 4) is 0 Å². The third-order valence-electron chi connectivity index (χ3n) is 6.21. The summed E-state index contributed by atoms with van der Waals surface area (Å²) in [5.41, 5.74) is 1.02. The number of amides is 2. The molecule has 31 heavy (non-hydrogen) atoms. The van der Waals surface area contributed by atoms with Gasteiger partial charge in [-0.25, -0.2) is 0 Å². The van der Waals surface area contributed by atoms with Gasteiger partial charge in [0.15, 0.2) is 0 Å². The van der Waals surface area contributed by atoms with Crippen LogP contribution in [-0.2, 0) is 14.3 Å². The summed E-state index contributed by atoms with van der Waals surface area (Å²) >= 11 is 0. The van der Waals surface area contributed by atoms with E-state index in [-0.39, 0.29) is 17.7 Å². The minimum Gasteiger partial charge on any atom is -0.379 e. The lowest BCUT2D eigenvalue weighted by Gasteiger charge is -2.36. The smallest absolute Gasteiger partial charge is 0.246 e. The van der Waals surface area contributed by atoms with E-state index >= 15 is 0 Å². The molecule has 6 heteroatoms. The van der Waals surface area contributed by atoms with E-state index in [9.17, 15) is 9.59 Å². The van der Waals surface area contributed by atoms with Crippen molar-refractivity contribution in [1.82, 2.24) is 15.1 Å². The Balaban J connectivity index is 1.43. The predicted molar refractivity (Wildman–Crippen MR) is 123 cm³/mol. The maximum atomic E-state index is 12.8. The summed E-state index contributed by atoms with van der Waals surface area (Å²) in [5, 5.41) is 3.21. The van der Waals surface area contributed by atoms with Gasteiger partial charge in [-0.3, -0.25) is 14.5 Å². The van der Waals surface area contributed by atoms with Crippen molar-refractivity contribution in [3.63, 3.8) is 0 Å². The molecule has 6 nitrogen and oxygen atoms in total. The molecule has 0 spiro atoms. The van der Waals surface area contributed by atoms with E-state index in [1.807, 2.05) is 41.3 Å². The minimum absolute atomic E-state index is 0.00783. The summed E-state index contributed by atoms with van der Waals surface area (Å²) in [6, 6.07) is 10.2. The van der Waals surface area contributed by atoms with Gasteiger partial charge in [0.2, 0.25) is 11.8 Å². The maximum absolute atomic E-state index is 12.8. The van der Waals surface area contributed by atoms with Crippen LogP contribution in [0.15, 0.2) is 36.4 Å². The number of likely N-dealkylation sites (tertiary alicyclic amines) is 1. The van der Waals surface area contributed by atoms with E-state index in [4.69, 9.17) is 4.74 Å². The van der Waals surface area contributed by atoms with E-state index in [0.717, 1.165) is 51.1 Å². The normalized spacial score (nSPS) is 19.6. The molecule has 1 unspecified atom stereocenters. The van der Waals surface area contributed by atoms with E-state index in [0.29, 0.717) is 31.6 Å². The van der Waals surface area contributed by atoms with Crippen LogP contribution >= 0.6 is 0 Å². The zero-order chi connectivity index (χ0) is 22.1. The molecule has 0 saturated carbocycles. The molecule has 1 aromatic rings. The van der Waals surface area contributed by atoms with Crippen LogP contribution in [0, 0.1) is 11.8 Å². The van der Waals surface area contributed by atoms with Gasteiger partial charge < -0.3 is 15.0 Å². The second-order valence-electron chi connectivity index (χ2n) is 9.02. The first-order valence-corrected chi connectivity index (χ1v) is 11.6. The fourth-order valence-electron chi connectivity index (χ4n) is 4.41. The van der Waals surface area contributed by atoms with Crippen molar-refractivity contribution in [3.05, 3.63) is 42.0 Å². The van der Waals surface area contributed by atoms with E-state index in [2.05, 4.69) is 24.1 Å². The number of piperidine rings is 1. The third-order valence-corrected chi connectivity index (χ3v) is 6.21. The van der Waals surface area contributed by atoms with Crippen molar-refractivity contribution in [2.24, 2.45) is 11.8 Å². The van der Waals surface area contributed by atoms with Gasteiger partial charge in [0.25, 0.3) is 0 Å². The molecule has 1 aromatic carbocycles. The number of hydrogen-bond acceptors (Lipinski definition) is 4. The van der Waals surface area contributed by atoms with Crippen molar-refractivity contribution in [2.45, 2.75) is 39.2 Å². The first-order chi connectivity index (χ1) is 15.0. The number of hydrogen-bond donors (Lipinski definition) is 1. The monoisotopic (exact) mass is 427 g/mol. The number of nitrogens with one attached hydrogen (secondary N) is 1. The predicted octanol–water partition coefficient (Wildman–Crippen LogP) is 2.80. The third kappa shape index (κ3) is 7.47. The molecule has 2 fully saturated rings. The highest BCUT2D eigenvalue weighted by Gasteiger charge is 2.28. The lowest BCUT2D eigenvalue weighted by molar-refractivity contribution is -0.132. The van der Waals surface area contributed by atoms with Crippen LogP contribution in [0.2, 0.25) is 0 Å². The highest BCUT2D eigenvalue weighted by molar-refractivity contribution is 5.92. The summed E-state index contributed by atoms with van der Waals surface area (Å²) < 4.78 is 5.48. The number of carbonyl (C=O) groups is 2. The molecule has 1 N–H and O–H groups in total. The zero-order valence-electron chi connectivity index (χ0n) is 19.0. The fourth-order valence-corrected chi connectivity index (χ4v) is 4.41. The molecule has 3 rings (SSSR count). The molecule has 2 heterocycles. The average Bonchev–Trinajstić information content (AvgIpc) is 2.81. The first kappa shape index (κ1) is 23.5. The van der Waals surface area contributed by atoms with Gasteiger partial charge in [-0.15, -0.1) is 0 Å². The molecule has 2 aliphatic rings. The lowest BCUT2D eigenvalue weighted by Crippen LogP contribution is -2.50. The molecule has 0 radical (unpaired) electrons. The fraction of sp³-hybridized carbons (Fsp3) is 0.600. The van der Waals surface area contributed by atoms with Crippen molar-refractivity contribution in [2.75, 3.05) is 45.9 Å². The summed E-state index contributed by atoms with van der Waals surface area (Å²) in [6.45, 7) is 9.83.